The maximum absolute atomic E-state index is 6.04. The van der Waals surface area contributed by atoms with Gasteiger partial charge in [-0.25, -0.2) is 9.67 Å². The van der Waals surface area contributed by atoms with Crippen LogP contribution in [0, 0.1) is 12.8 Å². The van der Waals surface area contributed by atoms with Crippen LogP contribution in [0.15, 0.2) is 0 Å². The van der Waals surface area contributed by atoms with E-state index in [1.165, 1.54) is 0 Å². The summed E-state index contributed by atoms with van der Waals surface area (Å²) in [6.07, 6.45) is 0. The molecule has 1 atom stereocenters. The Hall–Kier alpha value is -1.52. The Morgan fingerprint density at radius 1 is 1.29 bits per heavy atom. The summed E-state index contributed by atoms with van der Waals surface area (Å²) in [7, 11) is 0. The molecule has 0 spiro atoms. The van der Waals surface area contributed by atoms with Crippen LogP contribution in [0.1, 0.15) is 39.4 Å². The van der Waals surface area contributed by atoms with Crippen LogP contribution in [0.25, 0.3) is 11.2 Å². The molecular weight excluding hydrogens is 214 g/mol. The highest BCUT2D eigenvalue weighted by molar-refractivity contribution is 5.77. The van der Waals surface area contributed by atoms with Gasteiger partial charge in [0.15, 0.2) is 5.65 Å². The van der Waals surface area contributed by atoms with Crippen molar-refractivity contribution < 1.29 is 0 Å². The van der Waals surface area contributed by atoms with Crippen LogP contribution in [0.3, 0.4) is 0 Å². The van der Waals surface area contributed by atoms with Gasteiger partial charge in [-0.1, -0.05) is 13.8 Å². The molecule has 0 radical (unpaired) electrons. The normalized spacial score (nSPS) is 13.8. The van der Waals surface area contributed by atoms with Crippen molar-refractivity contribution in [2.45, 2.75) is 47.2 Å². The van der Waals surface area contributed by atoms with E-state index in [0.717, 1.165) is 23.4 Å². The second kappa shape index (κ2) is 4.05. The Labute approximate surface area is 102 Å². The minimum Gasteiger partial charge on any atom is -0.369 e. The van der Waals surface area contributed by atoms with Crippen molar-refractivity contribution in [3.8, 4) is 0 Å². The lowest BCUT2D eigenvalue weighted by atomic mass is 10.1. The molecule has 2 aromatic rings. The molecule has 2 aromatic heterocycles. The Morgan fingerprint density at radius 3 is 2.47 bits per heavy atom. The first kappa shape index (κ1) is 12.0. The first-order valence-electron chi connectivity index (χ1n) is 6.18. The highest BCUT2D eigenvalue weighted by Gasteiger charge is 2.21. The molecule has 5 heteroatoms. The third kappa shape index (κ3) is 1.69. The quantitative estimate of drug-likeness (QED) is 0.888. The largest absolute Gasteiger partial charge is 0.369 e. The van der Waals surface area contributed by atoms with Crippen LogP contribution < -0.4 is 5.73 Å². The number of aromatic nitrogens is 4. The lowest BCUT2D eigenvalue weighted by molar-refractivity contribution is 0.414. The molecule has 2 N–H and O–H groups in total. The summed E-state index contributed by atoms with van der Waals surface area (Å²) in [5.41, 5.74) is 8.96. The number of imidazole rings is 1. The van der Waals surface area contributed by atoms with E-state index >= 15 is 0 Å². The highest BCUT2D eigenvalue weighted by atomic mass is 15.4. The van der Waals surface area contributed by atoms with E-state index < -0.39 is 0 Å². The van der Waals surface area contributed by atoms with Crippen molar-refractivity contribution in [2.75, 3.05) is 5.73 Å². The Morgan fingerprint density at radius 2 is 1.94 bits per heavy atom. The van der Waals surface area contributed by atoms with Gasteiger partial charge in [0.2, 0.25) is 5.95 Å². The van der Waals surface area contributed by atoms with Gasteiger partial charge in [-0.05, 0) is 26.7 Å². The van der Waals surface area contributed by atoms with Crippen molar-refractivity contribution in [2.24, 2.45) is 5.92 Å². The lowest BCUT2D eigenvalue weighted by Gasteiger charge is -2.19. The highest BCUT2D eigenvalue weighted by Crippen LogP contribution is 2.28. The van der Waals surface area contributed by atoms with Gasteiger partial charge in [0.25, 0.3) is 0 Å². The van der Waals surface area contributed by atoms with Crippen LogP contribution in [-0.2, 0) is 6.54 Å². The molecule has 0 amide bonds. The standard InChI is InChI=1S/C12H21N5/c1-6-16-11-10(8(4)15-16)14-12(13)17(11)9(5)7(2)3/h7,9H,6H2,1-5H3,(H2,13,14). The van der Waals surface area contributed by atoms with E-state index in [4.69, 9.17) is 5.73 Å². The fraction of sp³-hybridized carbons (Fsp3) is 0.667. The van der Waals surface area contributed by atoms with Crippen LogP contribution in [0.2, 0.25) is 0 Å². The average molecular weight is 235 g/mol. The Kier molecular flexibility index (Phi) is 2.85. The Bertz CT molecular complexity index is 535. The van der Waals surface area contributed by atoms with Crippen LogP contribution in [-0.4, -0.2) is 19.3 Å². The number of nitrogens with zero attached hydrogens (tertiary/aromatic N) is 4. The van der Waals surface area contributed by atoms with Crippen molar-refractivity contribution in [3.05, 3.63) is 5.69 Å². The molecule has 0 fully saturated rings. The Balaban J connectivity index is 2.72. The number of hydrogen-bond donors (Lipinski definition) is 1. The number of hydrogen-bond acceptors (Lipinski definition) is 3. The van der Waals surface area contributed by atoms with Crippen molar-refractivity contribution in [1.82, 2.24) is 19.3 Å². The summed E-state index contributed by atoms with van der Waals surface area (Å²) in [5, 5.41) is 4.49. The zero-order valence-corrected chi connectivity index (χ0v) is 11.2. The number of nitrogens with two attached hydrogens (primary N) is 1. The zero-order valence-electron chi connectivity index (χ0n) is 11.2. The predicted molar refractivity (Wildman–Crippen MR) is 69.9 cm³/mol. The molecule has 17 heavy (non-hydrogen) atoms. The third-order valence-electron chi connectivity index (χ3n) is 3.44. The maximum atomic E-state index is 6.04. The molecule has 0 aromatic carbocycles. The average Bonchev–Trinajstić information content (AvgIpc) is 2.75. The second-order valence-corrected chi connectivity index (χ2v) is 4.90. The number of aryl methyl sites for hydroxylation is 2. The molecule has 2 heterocycles. The van der Waals surface area contributed by atoms with Gasteiger partial charge >= 0.3 is 0 Å². The van der Waals surface area contributed by atoms with Gasteiger partial charge in [-0.3, -0.25) is 4.57 Å². The lowest BCUT2D eigenvalue weighted by Crippen LogP contribution is -2.16. The summed E-state index contributed by atoms with van der Waals surface area (Å²) >= 11 is 0. The van der Waals surface area contributed by atoms with Crippen LogP contribution in [0.4, 0.5) is 5.95 Å². The summed E-state index contributed by atoms with van der Waals surface area (Å²) in [4.78, 5) is 4.44. The molecule has 94 valence electrons. The van der Waals surface area contributed by atoms with Gasteiger partial charge in [-0.2, -0.15) is 5.10 Å². The van der Waals surface area contributed by atoms with E-state index in [0.29, 0.717) is 17.9 Å². The van der Waals surface area contributed by atoms with Crippen molar-refractivity contribution >= 4 is 17.1 Å². The zero-order chi connectivity index (χ0) is 12.7. The number of rotatable bonds is 3. The molecule has 0 saturated carbocycles. The molecule has 1 unspecified atom stereocenters. The smallest absolute Gasteiger partial charge is 0.202 e. The number of anilines is 1. The number of fused-ring (bicyclic) bond motifs is 1. The first-order chi connectivity index (χ1) is 7.97. The van der Waals surface area contributed by atoms with Gasteiger partial charge in [0.05, 0.1) is 5.69 Å². The van der Waals surface area contributed by atoms with Gasteiger partial charge in [0, 0.05) is 12.6 Å². The van der Waals surface area contributed by atoms with Crippen molar-refractivity contribution in [1.29, 1.82) is 0 Å². The molecule has 0 saturated heterocycles. The fourth-order valence-corrected chi connectivity index (χ4v) is 2.13. The third-order valence-corrected chi connectivity index (χ3v) is 3.44. The first-order valence-corrected chi connectivity index (χ1v) is 6.18. The van der Waals surface area contributed by atoms with E-state index in [9.17, 15) is 0 Å². The molecule has 5 nitrogen and oxygen atoms in total. The minimum atomic E-state index is 0.321. The SMILES string of the molecule is CCn1nc(C)c2nc(N)n(C(C)C(C)C)c21. The summed E-state index contributed by atoms with van der Waals surface area (Å²) < 4.78 is 4.08. The summed E-state index contributed by atoms with van der Waals surface area (Å²) in [5.74, 6) is 1.10. The van der Waals surface area contributed by atoms with Gasteiger partial charge in [0.1, 0.15) is 5.52 Å². The monoisotopic (exact) mass is 235 g/mol. The molecular formula is C12H21N5. The molecule has 0 aliphatic heterocycles. The van der Waals surface area contributed by atoms with Crippen molar-refractivity contribution in [3.63, 3.8) is 0 Å². The van der Waals surface area contributed by atoms with E-state index in [1.807, 2.05) is 11.6 Å². The second-order valence-electron chi connectivity index (χ2n) is 4.90. The van der Waals surface area contributed by atoms with E-state index in [2.05, 4.69) is 42.3 Å². The molecule has 0 bridgehead atoms. The van der Waals surface area contributed by atoms with E-state index in [-0.39, 0.29) is 0 Å². The van der Waals surface area contributed by atoms with E-state index in [1.54, 1.807) is 0 Å². The number of nitrogen functional groups attached to an aromatic ring is 1. The summed E-state index contributed by atoms with van der Waals surface area (Å²) in [6.45, 7) is 11.4. The molecule has 0 aliphatic carbocycles. The van der Waals surface area contributed by atoms with Crippen LogP contribution in [0.5, 0.6) is 0 Å². The van der Waals surface area contributed by atoms with Gasteiger partial charge < -0.3 is 5.73 Å². The topological polar surface area (TPSA) is 61.7 Å². The van der Waals surface area contributed by atoms with Gasteiger partial charge in [-0.15, -0.1) is 0 Å². The molecule has 0 aliphatic rings. The minimum absolute atomic E-state index is 0.321. The van der Waals surface area contributed by atoms with Crippen LogP contribution >= 0.6 is 0 Å². The molecule has 2 rings (SSSR count). The summed E-state index contributed by atoms with van der Waals surface area (Å²) in [6, 6.07) is 0.321. The predicted octanol–water partition coefficient (Wildman–Crippen LogP) is 2.36. The maximum Gasteiger partial charge on any atom is 0.202 e. The fourth-order valence-electron chi connectivity index (χ4n) is 2.13.